The fourth-order valence-electron chi connectivity index (χ4n) is 8.20. The molecule has 0 saturated heterocycles. The van der Waals surface area contributed by atoms with E-state index in [1.807, 2.05) is 30.3 Å². The quantitative estimate of drug-likeness (QED) is 0.157. The molecular formula is C55H43N3. The highest BCUT2D eigenvalue weighted by molar-refractivity contribution is 6.11. The summed E-state index contributed by atoms with van der Waals surface area (Å²) in [7, 11) is 0. The Hall–Kier alpha value is -7.36. The van der Waals surface area contributed by atoms with Crippen LogP contribution in [0, 0.1) is 5.41 Å². The first-order chi connectivity index (χ1) is 28.6. The molecule has 2 N–H and O–H groups in total. The van der Waals surface area contributed by atoms with Crippen molar-refractivity contribution in [3.63, 3.8) is 0 Å². The minimum Gasteiger partial charge on any atom is -0.365 e. The highest BCUT2D eigenvalue weighted by Gasteiger charge is 2.23. The van der Waals surface area contributed by atoms with E-state index in [0.29, 0.717) is 5.71 Å². The van der Waals surface area contributed by atoms with Gasteiger partial charge >= 0.3 is 0 Å². The predicted octanol–water partition coefficient (Wildman–Crippen LogP) is 13.9. The molecule has 1 heterocycles. The number of amidine groups is 1. The average Bonchev–Trinajstić information content (AvgIpc) is 3.31. The van der Waals surface area contributed by atoms with E-state index >= 15 is 0 Å². The second kappa shape index (κ2) is 16.4. The Kier molecular flexibility index (Phi) is 10.3. The molecule has 0 bridgehead atoms. The Labute approximate surface area is 340 Å². The number of benzene rings is 8. The van der Waals surface area contributed by atoms with Crippen molar-refractivity contribution in [3.8, 4) is 44.5 Å². The van der Waals surface area contributed by atoms with Crippen molar-refractivity contribution in [3.05, 3.63) is 229 Å². The molecule has 0 saturated carbocycles. The largest absolute Gasteiger partial charge is 0.365 e. The van der Waals surface area contributed by atoms with E-state index in [1.165, 1.54) is 78.0 Å². The van der Waals surface area contributed by atoms with E-state index < -0.39 is 0 Å². The zero-order chi connectivity index (χ0) is 39.3. The van der Waals surface area contributed by atoms with Crippen LogP contribution in [0.4, 0.5) is 5.69 Å². The average molecular weight is 746 g/mol. The van der Waals surface area contributed by atoms with Crippen LogP contribution in [0.15, 0.2) is 206 Å². The van der Waals surface area contributed by atoms with Crippen LogP contribution in [-0.4, -0.2) is 11.5 Å². The minimum absolute atomic E-state index is 0.473. The van der Waals surface area contributed by atoms with Gasteiger partial charge in [-0.15, -0.1) is 0 Å². The first-order valence-electron chi connectivity index (χ1n) is 19.9. The van der Waals surface area contributed by atoms with E-state index in [0.717, 1.165) is 42.0 Å². The second-order valence-electron chi connectivity index (χ2n) is 14.7. The SMILES string of the molecule is C1=Cc2c(c(-c3ccc(C4=Nc5ccccc5CN4)cc3)c3ccccc3c2-c2cc(-c3ccccc3)cc(-c3ccccc3)c2)CC1.C=CC(=N)c1ccccc1. The van der Waals surface area contributed by atoms with Crippen molar-refractivity contribution in [2.75, 3.05) is 0 Å². The van der Waals surface area contributed by atoms with Crippen molar-refractivity contribution in [1.82, 2.24) is 5.32 Å². The van der Waals surface area contributed by atoms with Gasteiger partial charge in [-0.05, 0) is 121 Å². The zero-order valence-electron chi connectivity index (χ0n) is 32.3. The standard InChI is InChI=1S/C46H34N2.C9H9N/c1-3-13-31(14-4-1)36-27-37(32-15-5-2-6-16-32)29-38(28-36)45-41-20-10-8-18-39(41)44(40-19-9-11-21-42(40)45)33-23-25-34(26-24-33)46-47-30-35-17-7-12-22-43(35)48-46;1-2-9(10)8-6-4-3-5-7-8/h1-8,10-18,20-29H,9,19,30H2,(H,47,48);2-7,10H,1H2. The van der Waals surface area contributed by atoms with E-state index in [4.69, 9.17) is 10.4 Å². The van der Waals surface area contributed by atoms with Crippen LogP contribution >= 0.6 is 0 Å². The highest BCUT2D eigenvalue weighted by Crippen LogP contribution is 2.46. The van der Waals surface area contributed by atoms with Gasteiger partial charge in [0.15, 0.2) is 0 Å². The summed E-state index contributed by atoms with van der Waals surface area (Å²) in [6.07, 6.45) is 8.30. The summed E-state index contributed by atoms with van der Waals surface area (Å²) >= 11 is 0. The van der Waals surface area contributed by atoms with Crippen LogP contribution in [0.3, 0.4) is 0 Å². The first kappa shape index (κ1) is 36.3. The van der Waals surface area contributed by atoms with Gasteiger partial charge in [-0.2, -0.15) is 0 Å². The molecule has 3 nitrogen and oxygen atoms in total. The minimum atomic E-state index is 0.473. The molecule has 0 aromatic heterocycles. The van der Waals surface area contributed by atoms with Crippen LogP contribution < -0.4 is 5.32 Å². The Morgan fingerprint density at radius 1 is 0.552 bits per heavy atom. The van der Waals surface area contributed by atoms with E-state index in [2.05, 4.69) is 176 Å². The summed E-state index contributed by atoms with van der Waals surface area (Å²) < 4.78 is 0. The molecule has 0 radical (unpaired) electrons. The zero-order valence-corrected chi connectivity index (χ0v) is 32.3. The fraction of sp³-hybridized carbons (Fsp3) is 0.0545. The molecule has 8 aromatic rings. The number of aliphatic imine (C=N–C) groups is 1. The van der Waals surface area contributed by atoms with Crippen molar-refractivity contribution < 1.29 is 0 Å². The maximum atomic E-state index is 7.36. The summed E-state index contributed by atoms with van der Waals surface area (Å²) in [5, 5.41) is 13.5. The van der Waals surface area contributed by atoms with Gasteiger partial charge in [0.05, 0.1) is 11.4 Å². The molecule has 8 aromatic carbocycles. The Bertz CT molecular complexity index is 2780. The second-order valence-corrected chi connectivity index (χ2v) is 14.7. The number of rotatable bonds is 7. The number of nitrogens with one attached hydrogen (secondary N) is 2. The lowest BCUT2D eigenvalue weighted by Crippen LogP contribution is -2.26. The molecular weight excluding hydrogens is 703 g/mol. The van der Waals surface area contributed by atoms with Crippen molar-refractivity contribution >= 4 is 34.1 Å². The summed E-state index contributed by atoms with van der Waals surface area (Å²) in [5.74, 6) is 0.929. The molecule has 1 aliphatic heterocycles. The first-order valence-corrected chi connectivity index (χ1v) is 19.9. The monoisotopic (exact) mass is 745 g/mol. The molecule has 0 spiro atoms. The molecule has 0 atom stereocenters. The van der Waals surface area contributed by atoms with Crippen LogP contribution in [0.5, 0.6) is 0 Å². The highest BCUT2D eigenvalue weighted by atomic mass is 15.0. The third-order valence-corrected chi connectivity index (χ3v) is 11.0. The number of nitrogens with zero attached hydrogens (tertiary/aromatic N) is 1. The molecule has 58 heavy (non-hydrogen) atoms. The van der Waals surface area contributed by atoms with Gasteiger partial charge in [-0.3, -0.25) is 0 Å². The van der Waals surface area contributed by atoms with Crippen molar-refractivity contribution in [2.24, 2.45) is 4.99 Å². The maximum absolute atomic E-state index is 7.36. The molecule has 1 aliphatic carbocycles. The van der Waals surface area contributed by atoms with Crippen molar-refractivity contribution in [2.45, 2.75) is 19.4 Å². The van der Waals surface area contributed by atoms with Crippen LogP contribution in [-0.2, 0) is 13.0 Å². The summed E-state index contributed by atoms with van der Waals surface area (Å²) in [6, 6.07) is 64.5. The Morgan fingerprint density at radius 2 is 1.10 bits per heavy atom. The summed E-state index contributed by atoms with van der Waals surface area (Å²) in [4.78, 5) is 4.94. The third kappa shape index (κ3) is 7.34. The number of hydrogen-bond donors (Lipinski definition) is 2. The fourth-order valence-corrected chi connectivity index (χ4v) is 8.20. The maximum Gasteiger partial charge on any atom is 0.134 e. The molecule has 3 heteroatoms. The number of hydrogen-bond acceptors (Lipinski definition) is 3. The molecule has 0 amide bonds. The molecule has 0 unspecified atom stereocenters. The van der Waals surface area contributed by atoms with Gasteiger partial charge in [0.1, 0.15) is 5.84 Å². The van der Waals surface area contributed by atoms with Gasteiger partial charge in [0.2, 0.25) is 0 Å². The van der Waals surface area contributed by atoms with Gasteiger partial charge < -0.3 is 10.7 Å². The molecule has 2 aliphatic rings. The molecule has 278 valence electrons. The van der Waals surface area contributed by atoms with Gasteiger partial charge in [0, 0.05) is 12.1 Å². The number of fused-ring (bicyclic) bond motifs is 3. The Balaban J connectivity index is 0.000000383. The van der Waals surface area contributed by atoms with Gasteiger partial charge in [-0.1, -0.05) is 176 Å². The summed E-state index contributed by atoms with van der Waals surface area (Å²) in [5.41, 5.74) is 17.6. The molecule has 0 fully saturated rings. The lowest BCUT2D eigenvalue weighted by atomic mass is 9.79. The third-order valence-electron chi connectivity index (χ3n) is 11.0. The summed E-state index contributed by atoms with van der Waals surface area (Å²) in [6.45, 7) is 4.30. The number of allylic oxidation sites excluding steroid dienone is 2. The molecule has 10 rings (SSSR count). The Morgan fingerprint density at radius 3 is 1.76 bits per heavy atom. The van der Waals surface area contributed by atoms with Crippen LogP contribution in [0.1, 0.15) is 34.2 Å². The lowest BCUT2D eigenvalue weighted by molar-refractivity contribution is 0.893. The van der Waals surface area contributed by atoms with Gasteiger partial charge in [-0.25, -0.2) is 4.99 Å². The van der Waals surface area contributed by atoms with Gasteiger partial charge in [0.25, 0.3) is 0 Å². The smallest absolute Gasteiger partial charge is 0.134 e. The predicted molar refractivity (Wildman–Crippen MR) is 246 cm³/mol. The van der Waals surface area contributed by atoms with E-state index in [-0.39, 0.29) is 0 Å². The lowest BCUT2D eigenvalue weighted by Gasteiger charge is -2.24. The van der Waals surface area contributed by atoms with E-state index in [9.17, 15) is 0 Å². The van der Waals surface area contributed by atoms with Crippen molar-refractivity contribution in [1.29, 1.82) is 5.41 Å². The normalized spacial score (nSPS) is 12.6. The topological polar surface area (TPSA) is 48.2 Å². The van der Waals surface area contributed by atoms with Crippen LogP contribution in [0.25, 0.3) is 61.4 Å². The number of para-hydroxylation sites is 1. The van der Waals surface area contributed by atoms with Crippen LogP contribution in [0.2, 0.25) is 0 Å². The van der Waals surface area contributed by atoms with E-state index in [1.54, 1.807) is 0 Å².